The molecule has 1 aliphatic carbocycles. The van der Waals surface area contributed by atoms with E-state index in [-0.39, 0.29) is 11.0 Å². The summed E-state index contributed by atoms with van der Waals surface area (Å²) in [6, 6.07) is 27.9. The number of anilines is 2. The van der Waals surface area contributed by atoms with Crippen molar-refractivity contribution in [2.45, 2.75) is 31.6 Å². The number of carboxylic acid groups (broad SMARTS) is 1. The fraction of sp³-hybridized carbons (Fsp3) is 0.156. The maximum Gasteiger partial charge on any atom is 0.335 e. The van der Waals surface area contributed by atoms with Gasteiger partial charge in [0.2, 0.25) is 0 Å². The summed E-state index contributed by atoms with van der Waals surface area (Å²) in [6.07, 6.45) is 5.50. The Morgan fingerprint density at radius 2 is 1.66 bits per heavy atom. The monoisotopic (exact) mass is 498 g/mol. The summed E-state index contributed by atoms with van der Waals surface area (Å²) < 4.78 is 2.18. The normalized spacial score (nSPS) is 14.8. The Morgan fingerprint density at radius 3 is 2.37 bits per heavy atom. The van der Waals surface area contributed by atoms with E-state index in [1.807, 2.05) is 36.4 Å². The van der Waals surface area contributed by atoms with Crippen molar-refractivity contribution in [1.82, 2.24) is 14.5 Å². The second-order valence-corrected chi connectivity index (χ2v) is 10.4. The number of aromatic carboxylic acids is 1. The molecule has 0 saturated heterocycles. The van der Waals surface area contributed by atoms with E-state index in [4.69, 9.17) is 4.98 Å². The summed E-state index contributed by atoms with van der Waals surface area (Å²) in [5, 5.41) is 12.9. The summed E-state index contributed by atoms with van der Waals surface area (Å²) in [6.45, 7) is 2.34. The molecule has 38 heavy (non-hydrogen) atoms. The van der Waals surface area contributed by atoms with Gasteiger partial charge < -0.3 is 10.4 Å². The lowest BCUT2D eigenvalue weighted by molar-refractivity contribution is 0.0697. The minimum absolute atomic E-state index is 0.248. The highest BCUT2D eigenvalue weighted by Crippen LogP contribution is 2.46. The van der Waals surface area contributed by atoms with Gasteiger partial charge in [-0.05, 0) is 60.2 Å². The minimum Gasteiger partial charge on any atom is -0.478 e. The van der Waals surface area contributed by atoms with Gasteiger partial charge >= 0.3 is 5.97 Å². The van der Waals surface area contributed by atoms with Crippen LogP contribution in [0.4, 0.5) is 11.5 Å². The van der Waals surface area contributed by atoms with Crippen LogP contribution < -0.4 is 5.32 Å². The van der Waals surface area contributed by atoms with E-state index in [1.165, 1.54) is 24.8 Å². The van der Waals surface area contributed by atoms with Crippen LogP contribution in [0.5, 0.6) is 0 Å². The maximum atomic E-state index is 11.5. The van der Waals surface area contributed by atoms with Gasteiger partial charge in [0, 0.05) is 22.9 Å². The number of hydrogen-bond acceptors (Lipinski definition) is 4. The smallest absolute Gasteiger partial charge is 0.335 e. The number of aromatic nitrogens is 3. The van der Waals surface area contributed by atoms with E-state index in [1.54, 1.807) is 18.3 Å². The number of rotatable bonds is 4. The number of pyridine rings is 1. The van der Waals surface area contributed by atoms with Crippen LogP contribution in [0.15, 0.2) is 91.1 Å². The molecule has 2 N–H and O–H groups in total. The fourth-order valence-electron chi connectivity index (χ4n) is 5.69. The molecule has 0 radical (unpaired) electrons. The van der Waals surface area contributed by atoms with Gasteiger partial charge in [0.1, 0.15) is 5.82 Å². The lowest BCUT2D eigenvalue weighted by Crippen LogP contribution is -2.30. The molecule has 3 heterocycles. The van der Waals surface area contributed by atoms with Gasteiger partial charge in [0.15, 0.2) is 5.82 Å². The lowest BCUT2D eigenvalue weighted by Gasteiger charge is -2.39. The number of nitrogens with zero attached hydrogens (tertiary/aromatic N) is 3. The van der Waals surface area contributed by atoms with Gasteiger partial charge in [0.25, 0.3) is 0 Å². The molecule has 0 atom stereocenters. The van der Waals surface area contributed by atoms with Crippen molar-refractivity contribution >= 4 is 17.5 Å². The van der Waals surface area contributed by atoms with Crippen LogP contribution in [0.1, 0.15) is 42.1 Å². The fourth-order valence-corrected chi connectivity index (χ4v) is 5.69. The summed E-state index contributed by atoms with van der Waals surface area (Å²) in [5.74, 6) is 0.614. The van der Waals surface area contributed by atoms with E-state index in [0.29, 0.717) is 0 Å². The molecule has 2 aliphatic rings. The predicted molar refractivity (Wildman–Crippen MR) is 149 cm³/mol. The second-order valence-electron chi connectivity index (χ2n) is 10.4. The van der Waals surface area contributed by atoms with Crippen molar-refractivity contribution < 1.29 is 9.90 Å². The molecule has 2 aromatic heterocycles. The summed E-state index contributed by atoms with van der Waals surface area (Å²) >= 11 is 0. The molecule has 6 heteroatoms. The highest BCUT2D eigenvalue weighted by atomic mass is 16.4. The van der Waals surface area contributed by atoms with Crippen LogP contribution in [0.3, 0.4) is 0 Å². The molecule has 3 aromatic carbocycles. The lowest BCUT2D eigenvalue weighted by atomic mass is 9.66. The summed E-state index contributed by atoms with van der Waals surface area (Å²) in [7, 11) is 0. The van der Waals surface area contributed by atoms with Crippen LogP contribution >= 0.6 is 0 Å². The van der Waals surface area contributed by atoms with Crippen molar-refractivity contribution in [3.05, 3.63) is 102 Å². The molecule has 6 nitrogen and oxygen atoms in total. The molecule has 5 aromatic rings. The largest absolute Gasteiger partial charge is 0.478 e. The van der Waals surface area contributed by atoms with Crippen molar-refractivity contribution in [1.29, 1.82) is 0 Å². The Bertz CT molecular complexity index is 1700. The van der Waals surface area contributed by atoms with Gasteiger partial charge in [-0.15, -0.1) is 0 Å². The first-order valence-corrected chi connectivity index (χ1v) is 12.9. The van der Waals surface area contributed by atoms with Crippen LogP contribution in [0.25, 0.3) is 39.6 Å². The van der Waals surface area contributed by atoms with E-state index >= 15 is 0 Å². The Balaban J connectivity index is 1.51. The van der Waals surface area contributed by atoms with Gasteiger partial charge in [-0.2, -0.15) is 0 Å². The molecule has 0 bridgehead atoms. The van der Waals surface area contributed by atoms with Crippen molar-refractivity contribution in [2.75, 3.05) is 5.32 Å². The zero-order valence-corrected chi connectivity index (χ0v) is 21.0. The third-order valence-electron chi connectivity index (χ3n) is 8.04. The summed E-state index contributed by atoms with van der Waals surface area (Å²) in [4.78, 5) is 21.4. The standard InChI is InChI=1S/C32H26N4O2/c1-32(17-5-18-32)23-15-13-21(14-16-23)28-27(20-9-11-22(12-10-20)31(37)38)35-30-24-6-2-3-7-25(24)34-29-26(36(28)30)8-4-19-33-29/h2-4,6-16,19H,5,17-18H2,1H3,(H,33,34)(H,37,38). The van der Waals surface area contributed by atoms with E-state index in [2.05, 4.69) is 58.2 Å². The van der Waals surface area contributed by atoms with Gasteiger partial charge in [0.05, 0.1) is 28.3 Å². The minimum atomic E-state index is -0.947. The van der Waals surface area contributed by atoms with Crippen LogP contribution in [-0.2, 0) is 5.41 Å². The summed E-state index contributed by atoms with van der Waals surface area (Å²) in [5.41, 5.74) is 8.32. The number of carboxylic acids is 1. The average Bonchev–Trinajstić information content (AvgIpc) is 3.26. The Labute approximate surface area is 220 Å². The second kappa shape index (κ2) is 8.42. The SMILES string of the molecule is CC1(c2ccc(-c3c(-c4ccc(C(=O)O)cc4)nc4n3-c3cccnc3Nc3ccccc3-4)cc2)CCC1. The maximum absolute atomic E-state index is 11.5. The number of benzene rings is 3. The van der Waals surface area contributed by atoms with Gasteiger partial charge in [-0.3, -0.25) is 4.57 Å². The molecule has 7 rings (SSSR count). The number of imidazole rings is 1. The first-order chi connectivity index (χ1) is 18.5. The number of nitrogens with one attached hydrogen (secondary N) is 1. The first kappa shape index (κ1) is 22.5. The highest BCUT2D eigenvalue weighted by Gasteiger charge is 2.34. The van der Waals surface area contributed by atoms with E-state index in [9.17, 15) is 9.90 Å². The number of hydrogen-bond donors (Lipinski definition) is 2. The van der Waals surface area contributed by atoms with Gasteiger partial charge in [-0.1, -0.05) is 61.9 Å². The van der Waals surface area contributed by atoms with Crippen LogP contribution in [0, 0.1) is 0 Å². The third kappa shape index (κ3) is 3.44. The molecule has 0 spiro atoms. The first-order valence-electron chi connectivity index (χ1n) is 12.9. The molecule has 186 valence electrons. The van der Waals surface area contributed by atoms with E-state index < -0.39 is 5.97 Å². The number of para-hydroxylation sites is 1. The molecule has 0 amide bonds. The molecular formula is C32H26N4O2. The number of carbonyl (C=O) groups is 1. The zero-order valence-electron chi connectivity index (χ0n) is 21.0. The van der Waals surface area contributed by atoms with Crippen molar-refractivity contribution in [3.8, 4) is 39.6 Å². The van der Waals surface area contributed by atoms with Gasteiger partial charge in [-0.25, -0.2) is 14.8 Å². The predicted octanol–water partition coefficient (Wildman–Crippen LogP) is 7.47. The van der Waals surface area contributed by atoms with Crippen LogP contribution in [-0.4, -0.2) is 25.6 Å². The quantitative estimate of drug-likeness (QED) is 0.264. The third-order valence-corrected chi connectivity index (χ3v) is 8.04. The molecule has 1 fully saturated rings. The zero-order chi connectivity index (χ0) is 25.9. The Hall–Kier alpha value is -4.71. The Kier molecular flexibility index (Phi) is 4.98. The molecule has 0 unspecified atom stereocenters. The molecular weight excluding hydrogens is 472 g/mol. The molecule has 1 saturated carbocycles. The average molecular weight is 499 g/mol. The topological polar surface area (TPSA) is 80.0 Å². The van der Waals surface area contributed by atoms with Crippen molar-refractivity contribution in [3.63, 3.8) is 0 Å². The molecule has 1 aliphatic heterocycles. The number of fused-ring (bicyclic) bond motifs is 5. The van der Waals surface area contributed by atoms with Crippen LogP contribution in [0.2, 0.25) is 0 Å². The Morgan fingerprint density at radius 1 is 0.921 bits per heavy atom. The highest BCUT2D eigenvalue weighted by molar-refractivity contribution is 5.92. The van der Waals surface area contributed by atoms with E-state index in [0.717, 1.165) is 51.1 Å². The van der Waals surface area contributed by atoms with Crippen molar-refractivity contribution in [2.24, 2.45) is 0 Å².